The zero-order chi connectivity index (χ0) is 13.8. The molecule has 3 heteroatoms. The van der Waals surface area contributed by atoms with Gasteiger partial charge in [0.25, 0.3) is 0 Å². The molecule has 2 aromatic carbocycles. The van der Waals surface area contributed by atoms with Gasteiger partial charge in [-0.25, -0.2) is 0 Å². The summed E-state index contributed by atoms with van der Waals surface area (Å²) in [6.45, 7) is 4.65. The Hall–Kier alpha value is -1.32. The van der Waals surface area contributed by atoms with Crippen molar-refractivity contribution in [2.75, 3.05) is 11.9 Å². The summed E-state index contributed by atoms with van der Waals surface area (Å²) in [6.07, 6.45) is -0.516. The minimum absolute atomic E-state index is 0.500. The number of hydrogen-bond donors (Lipinski definition) is 2. The van der Waals surface area contributed by atoms with Crippen molar-refractivity contribution < 1.29 is 5.11 Å². The molecule has 0 saturated heterocycles. The van der Waals surface area contributed by atoms with Gasteiger partial charge in [0, 0.05) is 16.7 Å². The average molecular weight is 320 g/mol. The molecular weight excluding hydrogens is 302 g/mol. The van der Waals surface area contributed by atoms with E-state index in [1.165, 1.54) is 11.1 Å². The number of hydrogen-bond acceptors (Lipinski definition) is 2. The van der Waals surface area contributed by atoms with Gasteiger partial charge in [0.2, 0.25) is 0 Å². The van der Waals surface area contributed by atoms with Crippen LogP contribution < -0.4 is 5.32 Å². The van der Waals surface area contributed by atoms with E-state index in [-0.39, 0.29) is 0 Å². The molecular formula is C16H18BrNO. The Kier molecular flexibility index (Phi) is 4.61. The predicted molar refractivity (Wildman–Crippen MR) is 83.5 cm³/mol. The number of aliphatic hydroxyl groups excluding tert-OH is 1. The molecule has 0 bridgehead atoms. The lowest BCUT2D eigenvalue weighted by molar-refractivity contribution is 0.191. The Morgan fingerprint density at radius 1 is 1.16 bits per heavy atom. The van der Waals surface area contributed by atoms with Crippen LogP contribution >= 0.6 is 15.9 Å². The third kappa shape index (κ3) is 3.82. The Bertz CT molecular complexity index is 568. The minimum atomic E-state index is -0.516. The van der Waals surface area contributed by atoms with Crippen LogP contribution in [0, 0.1) is 13.8 Å². The number of halogens is 1. The van der Waals surface area contributed by atoms with Gasteiger partial charge in [-0.05, 0) is 43.2 Å². The Morgan fingerprint density at radius 3 is 2.63 bits per heavy atom. The molecule has 0 radical (unpaired) electrons. The zero-order valence-corrected chi connectivity index (χ0v) is 12.7. The van der Waals surface area contributed by atoms with Crippen LogP contribution in [0.1, 0.15) is 22.8 Å². The summed E-state index contributed by atoms with van der Waals surface area (Å²) in [5.41, 5.74) is 4.42. The minimum Gasteiger partial charge on any atom is -0.387 e. The maximum Gasteiger partial charge on any atom is 0.0962 e. The molecule has 0 fully saturated rings. The van der Waals surface area contributed by atoms with Crippen molar-refractivity contribution in [3.05, 3.63) is 63.6 Å². The van der Waals surface area contributed by atoms with E-state index < -0.39 is 6.10 Å². The molecule has 1 atom stereocenters. The zero-order valence-electron chi connectivity index (χ0n) is 11.2. The van der Waals surface area contributed by atoms with E-state index in [0.717, 1.165) is 15.7 Å². The molecule has 0 aliphatic heterocycles. The first-order valence-electron chi connectivity index (χ1n) is 6.31. The van der Waals surface area contributed by atoms with E-state index in [0.29, 0.717) is 6.54 Å². The molecule has 100 valence electrons. The second kappa shape index (κ2) is 6.22. The molecule has 2 rings (SSSR count). The first kappa shape index (κ1) is 14.1. The second-order valence-corrected chi connectivity index (χ2v) is 5.69. The quantitative estimate of drug-likeness (QED) is 0.884. The summed E-state index contributed by atoms with van der Waals surface area (Å²) in [6, 6.07) is 14.0. The van der Waals surface area contributed by atoms with Gasteiger partial charge in [-0.15, -0.1) is 0 Å². The summed E-state index contributed by atoms with van der Waals surface area (Å²) in [4.78, 5) is 0. The Balaban J connectivity index is 2.02. The lowest BCUT2D eigenvalue weighted by Gasteiger charge is -2.15. The van der Waals surface area contributed by atoms with Crippen molar-refractivity contribution in [1.29, 1.82) is 0 Å². The van der Waals surface area contributed by atoms with Crippen LogP contribution in [0.25, 0.3) is 0 Å². The molecule has 2 aromatic rings. The van der Waals surface area contributed by atoms with Crippen LogP contribution in [-0.4, -0.2) is 11.7 Å². The highest BCUT2D eigenvalue weighted by Gasteiger charge is 2.08. The summed E-state index contributed by atoms with van der Waals surface area (Å²) < 4.78 is 0.982. The standard InChI is InChI=1S/C16H18BrNO/c1-11-6-7-15(12(2)8-11)18-10-16(19)13-4-3-5-14(17)9-13/h3-9,16,18-19H,10H2,1-2H3. The first-order valence-corrected chi connectivity index (χ1v) is 7.10. The van der Waals surface area contributed by atoms with E-state index in [2.05, 4.69) is 53.3 Å². The Morgan fingerprint density at radius 2 is 1.95 bits per heavy atom. The van der Waals surface area contributed by atoms with Crippen molar-refractivity contribution in [3.63, 3.8) is 0 Å². The van der Waals surface area contributed by atoms with Crippen molar-refractivity contribution in [2.45, 2.75) is 20.0 Å². The third-order valence-electron chi connectivity index (χ3n) is 3.10. The van der Waals surface area contributed by atoms with E-state index in [9.17, 15) is 5.11 Å². The summed E-state index contributed by atoms with van der Waals surface area (Å²) in [5, 5.41) is 13.5. The van der Waals surface area contributed by atoms with Crippen molar-refractivity contribution >= 4 is 21.6 Å². The monoisotopic (exact) mass is 319 g/mol. The van der Waals surface area contributed by atoms with E-state index in [1.807, 2.05) is 24.3 Å². The number of anilines is 1. The molecule has 1 unspecified atom stereocenters. The van der Waals surface area contributed by atoms with Crippen LogP contribution in [0.2, 0.25) is 0 Å². The lowest BCUT2D eigenvalue weighted by Crippen LogP contribution is -2.12. The van der Waals surface area contributed by atoms with Crippen LogP contribution in [0.3, 0.4) is 0 Å². The van der Waals surface area contributed by atoms with Gasteiger partial charge in [-0.3, -0.25) is 0 Å². The maximum absolute atomic E-state index is 10.2. The van der Waals surface area contributed by atoms with Gasteiger partial charge in [0.05, 0.1) is 6.10 Å². The van der Waals surface area contributed by atoms with Crippen LogP contribution in [0.4, 0.5) is 5.69 Å². The number of rotatable bonds is 4. The SMILES string of the molecule is Cc1ccc(NCC(O)c2cccc(Br)c2)c(C)c1. The van der Waals surface area contributed by atoms with Gasteiger partial charge in [-0.1, -0.05) is 45.8 Å². The molecule has 19 heavy (non-hydrogen) atoms. The van der Waals surface area contributed by atoms with Crippen molar-refractivity contribution in [1.82, 2.24) is 0 Å². The fourth-order valence-electron chi connectivity index (χ4n) is 2.05. The number of nitrogens with one attached hydrogen (secondary N) is 1. The summed E-state index contributed by atoms with van der Waals surface area (Å²) in [7, 11) is 0. The highest BCUT2D eigenvalue weighted by Crippen LogP contribution is 2.20. The highest BCUT2D eigenvalue weighted by molar-refractivity contribution is 9.10. The maximum atomic E-state index is 10.2. The van der Waals surface area contributed by atoms with E-state index in [4.69, 9.17) is 0 Å². The van der Waals surface area contributed by atoms with Crippen molar-refractivity contribution in [3.8, 4) is 0 Å². The lowest BCUT2D eigenvalue weighted by atomic mass is 10.1. The van der Waals surface area contributed by atoms with Gasteiger partial charge < -0.3 is 10.4 Å². The molecule has 0 spiro atoms. The molecule has 2 N–H and O–H groups in total. The predicted octanol–water partition coefficient (Wildman–Crippen LogP) is 4.21. The van der Waals surface area contributed by atoms with Crippen LogP contribution in [0.5, 0.6) is 0 Å². The van der Waals surface area contributed by atoms with Gasteiger partial charge >= 0.3 is 0 Å². The second-order valence-electron chi connectivity index (χ2n) is 4.77. The van der Waals surface area contributed by atoms with Gasteiger partial charge in [0.15, 0.2) is 0 Å². The highest BCUT2D eigenvalue weighted by atomic mass is 79.9. The topological polar surface area (TPSA) is 32.3 Å². The van der Waals surface area contributed by atoms with Gasteiger partial charge in [-0.2, -0.15) is 0 Å². The van der Waals surface area contributed by atoms with Crippen LogP contribution in [-0.2, 0) is 0 Å². The number of aliphatic hydroxyl groups is 1. The molecule has 0 amide bonds. The fourth-order valence-corrected chi connectivity index (χ4v) is 2.47. The molecule has 0 aromatic heterocycles. The molecule has 0 heterocycles. The molecule has 0 aliphatic rings. The smallest absolute Gasteiger partial charge is 0.0962 e. The third-order valence-corrected chi connectivity index (χ3v) is 3.59. The average Bonchev–Trinajstić information content (AvgIpc) is 2.37. The largest absolute Gasteiger partial charge is 0.387 e. The fraction of sp³-hybridized carbons (Fsp3) is 0.250. The molecule has 0 aliphatic carbocycles. The van der Waals surface area contributed by atoms with E-state index in [1.54, 1.807) is 0 Å². The number of aryl methyl sites for hydroxylation is 2. The van der Waals surface area contributed by atoms with Gasteiger partial charge in [0.1, 0.15) is 0 Å². The summed E-state index contributed by atoms with van der Waals surface area (Å²) in [5.74, 6) is 0. The first-order chi connectivity index (χ1) is 9.06. The molecule has 0 saturated carbocycles. The Labute approximate surface area is 122 Å². The number of benzene rings is 2. The van der Waals surface area contributed by atoms with Crippen molar-refractivity contribution in [2.24, 2.45) is 0 Å². The molecule has 2 nitrogen and oxygen atoms in total. The van der Waals surface area contributed by atoms with Crippen LogP contribution in [0.15, 0.2) is 46.9 Å². The normalized spacial score (nSPS) is 12.2. The summed E-state index contributed by atoms with van der Waals surface area (Å²) >= 11 is 3.41. The van der Waals surface area contributed by atoms with E-state index >= 15 is 0 Å².